The monoisotopic (exact) mass is 251 g/mol. The number of carbonyl (C=O) groups excluding carboxylic acids is 1. The quantitative estimate of drug-likeness (QED) is 0.723. The minimum atomic E-state index is -1.08. The van der Waals surface area contributed by atoms with Gasteiger partial charge in [-0.05, 0) is 18.2 Å². The highest BCUT2D eigenvalue weighted by atomic mass is 16.5. The van der Waals surface area contributed by atoms with Crippen LogP contribution in [0.4, 0.5) is 0 Å². The lowest BCUT2D eigenvalue weighted by molar-refractivity contribution is -0.131. The van der Waals surface area contributed by atoms with Crippen LogP contribution in [0, 0.1) is 0 Å². The van der Waals surface area contributed by atoms with Gasteiger partial charge in [-0.3, -0.25) is 4.79 Å². The zero-order valence-electron chi connectivity index (χ0n) is 9.75. The summed E-state index contributed by atoms with van der Waals surface area (Å²) in [6.07, 6.45) is 2.33. The van der Waals surface area contributed by atoms with Crippen molar-refractivity contribution in [1.82, 2.24) is 0 Å². The van der Waals surface area contributed by atoms with E-state index in [1.807, 2.05) is 0 Å². The summed E-state index contributed by atoms with van der Waals surface area (Å²) in [5.41, 5.74) is 5.49. The van der Waals surface area contributed by atoms with Gasteiger partial charge in [0.05, 0.1) is 7.11 Å². The standard InChI is InChI=1S/C12H13NO5/c1-17-9-4-2-8(3-5-12(15)16)10(6-9)18-7-11(13)14/h2-6H,7H2,1H3,(H2,13,14)(H,15,16). The van der Waals surface area contributed by atoms with Gasteiger partial charge in [-0.15, -0.1) is 0 Å². The highest BCUT2D eigenvalue weighted by molar-refractivity contribution is 5.86. The molecule has 0 aliphatic rings. The minimum Gasteiger partial charge on any atom is -0.497 e. The molecule has 6 nitrogen and oxygen atoms in total. The van der Waals surface area contributed by atoms with Crippen LogP contribution in [-0.2, 0) is 9.59 Å². The molecule has 0 bridgehead atoms. The number of ether oxygens (including phenoxy) is 2. The second kappa shape index (κ2) is 6.29. The summed E-state index contributed by atoms with van der Waals surface area (Å²) in [6, 6.07) is 4.82. The van der Waals surface area contributed by atoms with E-state index in [0.29, 0.717) is 17.1 Å². The first-order valence-corrected chi connectivity index (χ1v) is 5.03. The predicted molar refractivity (Wildman–Crippen MR) is 64.4 cm³/mol. The van der Waals surface area contributed by atoms with Gasteiger partial charge in [0.15, 0.2) is 6.61 Å². The molecule has 1 aromatic carbocycles. The fourth-order valence-electron chi connectivity index (χ4n) is 1.21. The van der Waals surface area contributed by atoms with E-state index in [0.717, 1.165) is 6.08 Å². The van der Waals surface area contributed by atoms with Crippen LogP contribution in [0.1, 0.15) is 5.56 Å². The fraction of sp³-hybridized carbons (Fsp3) is 0.167. The van der Waals surface area contributed by atoms with Gasteiger partial charge in [0.1, 0.15) is 11.5 Å². The maximum Gasteiger partial charge on any atom is 0.328 e. The molecule has 6 heteroatoms. The largest absolute Gasteiger partial charge is 0.497 e. The van der Waals surface area contributed by atoms with Crippen molar-refractivity contribution in [3.8, 4) is 11.5 Å². The molecule has 0 atom stereocenters. The Kier molecular flexibility index (Phi) is 4.74. The molecular formula is C12H13NO5. The molecule has 1 aromatic rings. The third kappa shape index (κ3) is 4.17. The van der Waals surface area contributed by atoms with Gasteiger partial charge in [-0.2, -0.15) is 0 Å². The van der Waals surface area contributed by atoms with Crippen molar-refractivity contribution in [1.29, 1.82) is 0 Å². The highest BCUT2D eigenvalue weighted by Crippen LogP contribution is 2.25. The molecule has 0 saturated heterocycles. The molecule has 0 aliphatic heterocycles. The second-order valence-corrected chi connectivity index (χ2v) is 3.33. The summed E-state index contributed by atoms with van der Waals surface area (Å²) in [5, 5.41) is 8.56. The van der Waals surface area contributed by atoms with E-state index in [-0.39, 0.29) is 6.61 Å². The number of carboxylic acids is 1. The van der Waals surface area contributed by atoms with Gasteiger partial charge < -0.3 is 20.3 Å². The molecule has 3 N–H and O–H groups in total. The van der Waals surface area contributed by atoms with Crippen LogP contribution in [0.25, 0.3) is 6.08 Å². The van der Waals surface area contributed by atoms with Crippen LogP contribution in [0.5, 0.6) is 11.5 Å². The Morgan fingerprint density at radius 3 is 2.72 bits per heavy atom. The lowest BCUT2D eigenvalue weighted by Gasteiger charge is -2.09. The molecule has 0 saturated carbocycles. The number of methoxy groups -OCH3 is 1. The number of benzene rings is 1. The number of carboxylic acid groups (broad SMARTS) is 1. The smallest absolute Gasteiger partial charge is 0.328 e. The molecular weight excluding hydrogens is 238 g/mol. The third-order valence-electron chi connectivity index (χ3n) is 2.00. The molecule has 96 valence electrons. The first-order chi connectivity index (χ1) is 8.52. The topological polar surface area (TPSA) is 98.8 Å². The first kappa shape index (κ1) is 13.6. The molecule has 0 aromatic heterocycles. The molecule has 0 fully saturated rings. The molecule has 0 radical (unpaired) electrons. The van der Waals surface area contributed by atoms with Crippen molar-refractivity contribution in [2.75, 3.05) is 13.7 Å². The van der Waals surface area contributed by atoms with Crippen LogP contribution in [0.3, 0.4) is 0 Å². The summed E-state index contributed by atoms with van der Waals surface area (Å²) in [4.78, 5) is 21.1. The maximum atomic E-state index is 10.7. The van der Waals surface area contributed by atoms with Crippen molar-refractivity contribution >= 4 is 18.0 Å². The first-order valence-electron chi connectivity index (χ1n) is 5.03. The number of primary amides is 1. The van der Waals surface area contributed by atoms with E-state index in [9.17, 15) is 9.59 Å². The van der Waals surface area contributed by atoms with Gasteiger partial charge in [0.25, 0.3) is 5.91 Å². The van der Waals surface area contributed by atoms with E-state index in [1.165, 1.54) is 13.2 Å². The molecule has 0 aliphatic carbocycles. The van der Waals surface area contributed by atoms with Crippen molar-refractivity contribution in [2.45, 2.75) is 0 Å². The Balaban J connectivity index is 2.99. The van der Waals surface area contributed by atoms with Crippen LogP contribution in [-0.4, -0.2) is 30.7 Å². The SMILES string of the molecule is COc1ccc(C=CC(=O)O)c(OCC(N)=O)c1. The number of rotatable bonds is 6. The molecule has 18 heavy (non-hydrogen) atoms. The van der Waals surface area contributed by atoms with Crippen LogP contribution in [0.2, 0.25) is 0 Å². The number of amides is 1. The third-order valence-corrected chi connectivity index (χ3v) is 2.00. The van der Waals surface area contributed by atoms with Crippen LogP contribution < -0.4 is 15.2 Å². The normalized spacial score (nSPS) is 10.3. The summed E-state index contributed by atoms with van der Waals surface area (Å²) in [5.74, 6) is -0.842. The molecule has 1 rings (SSSR count). The summed E-state index contributed by atoms with van der Waals surface area (Å²) < 4.78 is 10.2. The van der Waals surface area contributed by atoms with Crippen molar-refractivity contribution in [2.24, 2.45) is 5.73 Å². The van der Waals surface area contributed by atoms with Gasteiger partial charge in [-0.25, -0.2) is 4.79 Å². The molecule has 0 heterocycles. The van der Waals surface area contributed by atoms with E-state index >= 15 is 0 Å². The number of aliphatic carboxylic acids is 1. The number of hydrogen-bond acceptors (Lipinski definition) is 4. The van der Waals surface area contributed by atoms with E-state index in [4.69, 9.17) is 20.3 Å². The van der Waals surface area contributed by atoms with E-state index in [1.54, 1.807) is 18.2 Å². The highest BCUT2D eigenvalue weighted by Gasteiger charge is 2.05. The lowest BCUT2D eigenvalue weighted by atomic mass is 10.1. The van der Waals surface area contributed by atoms with E-state index < -0.39 is 11.9 Å². The average Bonchev–Trinajstić information content (AvgIpc) is 2.34. The lowest BCUT2D eigenvalue weighted by Crippen LogP contribution is -2.20. The maximum absolute atomic E-state index is 10.7. The van der Waals surface area contributed by atoms with Crippen molar-refractivity contribution in [3.63, 3.8) is 0 Å². The summed E-state index contributed by atoms with van der Waals surface area (Å²) in [6.45, 7) is -0.291. The Morgan fingerprint density at radius 2 is 2.17 bits per heavy atom. The van der Waals surface area contributed by atoms with Crippen LogP contribution in [0.15, 0.2) is 24.3 Å². The fourth-order valence-corrected chi connectivity index (χ4v) is 1.21. The second-order valence-electron chi connectivity index (χ2n) is 3.33. The number of hydrogen-bond donors (Lipinski definition) is 2. The van der Waals surface area contributed by atoms with E-state index in [2.05, 4.69) is 0 Å². The zero-order valence-corrected chi connectivity index (χ0v) is 9.75. The Morgan fingerprint density at radius 1 is 1.44 bits per heavy atom. The zero-order chi connectivity index (χ0) is 13.5. The number of carbonyl (C=O) groups is 2. The summed E-state index contributed by atoms with van der Waals surface area (Å²) in [7, 11) is 1.49. The Labute approximate surface area is 104 Å². The van der Waals surface area contributed by atoms with Gasteiger partial charge in [0, 0.05) is 17.7 Å². The van der Waals surface area contributed by atoms with Gasteiger partial charge >= 0.3 is 5.97 Å². The predicted octanol–water partition coefficient (Wildman–Crippen LogP) is 0.657. The van der Waals surface area contributed by atoms with Crippen LogP contribution >= 0.6 is 0 Å². The molecule has 1 amide bonds. The Hall–Kier alpha value is -2.50. The van der Waals surface area contributed by atoms with Crippen molar-refractivity contribution in [3.05, 3.63) is 29.8 Å². The number of nitrogens with two attached hydrogens (primary N) is 1. The minimum absolute atomic E-state index is 0.291. The molecule has 0 spiro atoms. The Bertz CT molecular complexity index is 481. The summed E-state index contributed by atoms with van der Waals surface area (Å²) >= 11 is 0. The van der Waals surface area contributed by atoms with Gasteiger partial charge in [0.2, 0.25) is 0 Å². The molecule has 0 unspecified atom stereocenters. The van der Waals surface area contributed by atoms with Gasteiger partial charge in [-0.1, -0.05) is 0 Å². The average molecular weight is 251 g/mol. The van der Waals surface area contributed by atoms with Crippen molar-refractivity contribution < 1.29 is 24.2 Å².